The summed E-state index contributed by atoms with van der Waals surface area (Å²) < 4.78 is 5.44. The van der Waals surface area contributed by atoms with Crippen LogP contribution in [0.3, 0.4) is 0 Å². The van der Waals surface area contributed by atoms with Crippen molar-refractivity contribution in [3.63, 3.8) is 0 Å². The Kier molecular flexibility index (Phi) is 5.16. The fourth-order valence-electron chi connectivity index (χ4n) is 1.50. The number of amides is 1. The van der Waals surface area contributed by atoms with Crippen molar-refractivity contribution in [2.45, 2.75) is 31.9 Å². The van der Waals surface area contributed by atoms with Crippen molar-refractivity contribution < 1.29 is 9.53 Å². The van der Waals surface area contributed by atoms with E-state index in [-0.39, 0.29) is 24.6 Å². The lowest BCUT2D eigenvalue weighted by molar-refractivity contribution is -0.122. The summed E-state index contributed by atoms with van der Waals surface area (Å²) in [5, 5.41) is 5.76. The van der Waals surface area contributed by atoms with Gasteiger partial charge in [0.05, 0.1) is 18.7 Å². The van der Waals surface area contributed by atoms with Crippen molar-refractivity contribution in [1.29, 1.82) is 0 Å². The Bertz CT molecular complexity index is 241. The molecule has 84 valence electrons. The summed E-state index contributed by atoms with van der Waals surface area (Å²) in [6.07, 6.45) is 7.49. The maximum absolute atomic E-state index is 11.4. The van der Waals surface area contributed by atoms with Gasteiger partial charge < -0.3 is 15.4 Å². The van der Waals surface area contributed by atoms with Crippen molar-refractivity contribution in [1.82, 2.24) is 10.6 Å². The van der Waals surface area contributed by atoms with Crippen LogP contribution in [0.25, 0.3) is 0 Å². The van der Waals surface area contributed by atoms with Crippen LogP contribution in [-0.4, -0.2) is 37.7 Å². The zero-order chi connectivity index (χ0) is 11.1. The van der Waals surface area contributed by atoms with Crippen LogP contribution in [0.2, 0.25) is 0 Å². The third-order valence-corrected chi connectivity index (χ3v) is 2.43. The van der Waals surface area contributed by atoms with Crippen molar-refractivity contribution in [3.05, 3.63) is 0 Å². The van der Waals surface area contributed by atoms with Gasteiger partial charge in [-0.2, -0.15) is 0 Å². The van der Waals surface area contributed by atoms with Crippen molar-refractivity contribution in [2.24, 2.45) is 0 Å². The monoisotopic (exact) mass is 210 g/mol. The van der Waals surface area contributed by atoms with Gasteiger partial charge in [-0.3, -0.25) is 4.79 Å². The fraction of sp³-hybridized carbons (Fsp3) is 0.727. The van der Waals surface area contributed by atoms with E-state index >= 15 is 0 Å². The summed E-state index contributed by atoms with van der Waals surface area (Å²) in [5.74, 6) is 2.30. The van der Waals surface area contributed by atoms with Gasteiger partial charge >= 0.3 is 0 Å². The van der Waals surface area contributed by atoms with Crippen LogP contribution in [0, 0.1) is 12.3 Å². The molecule has 0 radical (unpaired) electrons. The number of terminal acetylenes is 1. The van der Waals surface area contributed by atoms with Crippen LogP contribution in [0.5, 0.6) is 0 Å². The highest BCUT2D eigenvalue weighted by Gasteiger charge is 2.18. The predicted molar refractivity (Wildman–Crippen MR) is 58.3 cm³/mol. The third-order valence-electron chi connectivity index (χ3n) is 2.43. The molecule has 0 saturated carbocycles. The number of rotatable bonds is 5. The second kappa shape index (κ2) is 6.44. The molecule has 0 spiro atoms. The minimum Gasteiger partial charge on any atom is -0.377 e. The SMILES string of the molecule is C#CCNC(=O)C(C)NCC1CCCO1. The average molecular weight is 210 g/mol. The summed E-state index contributed by atoms with van der Waals surface area (Å²) in [4.78, 5) is 11.4. The molecule has 1 saturated heterocycles. The molecular formula is C11H18N2O2. The molecule has 0 aliphatic carbocycles. The van der Waals surface area contributed by atoms with E-state index in [1.54, 1.807) is 0 Å². The number of carbonyl (C=O) groups is 1. The van der Waals surface area contributed by atoms with Crippen LogP contribution in [0.15, 0.2) is 0 Å². The maximum Gasteiger partial charge on any atom is 0.237 e. The molecule has 0 bridgehead atoms. The van der Waals surface area contributed by atoms with Gasteiger partial charge in [-0.1, -0.05) is 5.92 Å². The van der Waals surface area contributed by atoms with Crippen molar-refractivity contribution >= 4 is 5.91 Å². The van der Waals surface area contributed by atoms with E-state index in [9.17, 15) is 4.79 Å². The fourth-order valence-corrected chi connectivity index (χ4v) is 1.50. The highest BCUT2D eigenvalue weighted by molar-refractivity contribution is 5.81. The van der Waals surface area contributed by atoms with Gasteiger partial charge in [0, 0.05) is 13.2 Å². The van der Waals surface area contributed by atoms with Crippen molar-refractivity contribution in [2.75, 3.05) is 19.7 Å². The van der Waals surface area contributed by atoms with Gasteiger partial charge in [0.15, 0.2) is 0 Å². The molecule has 4 heteroatoms. The van der Waals surface area contributed by atoms with Gasteiger partial charge in [0.25, 0.3) is 0 Å². The van der Waals surface area contributed by atoms with Gasteiger partial charge in [-0.05, 0) is 19.8 Å². The Morgan fingerprint density at radius 3 is 3.13 bits per heavy atom. The highest BCUT2D eigenvalue weighted by atomic mass is 16.5. The summed E-state index contributed by atoms with van der Waals surface area (Å²) >= 11 is 0. The smallest absolute Gasteiger partial charge is 0.237 e. The molecule has 15 heavy (non-hydrogen) atoms. The van der Waals surface area contributed by atoms with Crippen LogP contribution in [0.1, 0.15) is 19.8 Å². The summed E-state index contributed by atoms with van der Waals surface area (Å²) in [6, 6.07) is -0.220. The van der Waals surface area contributed by atoms with E-state index in [2.05, 4.69) is 16.6 Å². The average Bonchev–Trinajstić information content (AvgIpc) is 2.75. The number of carbonyl (C=O) groups excluding carboxylic acids is 1. The predicted octanol–water partition coefficient (Wildman–Crippen LogP) is -0.107. The molecule has 2 atom stereocenters. The van der Waals surface area contributed by atoms with Gasteiger partial charge in [-0.25, -0.2) is 0 Å². The maximum atomic E-state index is 11.4. The van der Waals surface area contributed by atoms with Gasteiger partial charge in [0.2, 0.25) is 5.91 Å². The molecule has 1 fully saturated rings. The number of nitrogens with one attached hydrogen (secondary N) is 2. The Balaban J connectivity index is 2.14. The lowest BCUT2D eigenvalue weighted by Crippen LogP contribution is -2.44. The first kappa shape index (κ1) is 12.0. The molecule has 0 aromatic carbocycles. The Labute approximate surface area is 90.8 Å². The Morgan fingerprint density at radius 2 is 2.53 bits per heavy atom. The normalized spacial score (nSPS) is 22.0. The molecule has 1 rings (SSSR count). The third kappa shape index (κ3) is 4.32. The second-order valence-electron chi connectivity index (χ2n) is 3.69. The zero-order valence-electron chi connectivity index (χ0n) is 9.08. The molecule has 0 aromatic rings. The van der Waals surface area contributed by atoms with E-state index in [4.69, 9.17) is 11.2 Å². The molecule has 1 aliphatic heterocycles. The Morgan fingerprint density at radius 1 is 1.73 bits per heavy atom. The van der Waals surface area contributed by atoms with Crippen LogP contribution in [0.4, 0.5) is 0 Å². The molecule has 1 aliphatic rings. The van der Waals surface area contributed by atoms with E-state index < -0.39 is 0 Å². The molecular weight excluding hydrogens is 192 g/mol. The van der Waals surface area contributed by atoms with E-state index in [0.717, 1.165) is 26.0 Å². The van der Waals surface area contributed by atoms with Gasteiger partial charge in [-0.15, -0.1) is 6.42 Å². The van der Waals surface area contributed by atoms with Crippen molar-refractivity contribution in [3.8, 4) is 12.3 Å². The standard InChI is InChI=1S/C11H18N2O2/c1-3-6-12-11(14)9(2)13-8-10-5-4-7-15-10/h1,9-10,13H,4-8H2,2H3,(H,12,14). The Hall–Kier alpha value is -1.05. The minimum atomic E-state index is -0.220. The highest BCUT2D eigenvalue weighted by Crippen LogP contribution is 2.10. The lowest BCUT2D eigenvalue weighted by Gasteiger charge is -2.15. The summed E-state index contributed by atoms with van der Waals surface area (Å²) in [6.45, 7) is 3.67. The largest absolute Gasteiger partial charge is 0.377 e. The first-order valence-electron chi connectivity index (χ1n) is 5.30. The lowest BCUT2D eigenvalue weighted by atomic mass is 10.2. The van der Waals surface area contributed by atoms with Crippen LogP contribution >= 0.6 is 0 Å². The summed E-state index contributed by atoms with van der Waals surface area (Å²) in [5.41, 5.74) is 0. The van der Waals surface area contributed by atoms with Crippen LogP contribution < -0.4 is 10.6 Å². The number of hydrogen-bond acceptors (Lipinski definition) is 3. The summed E-state index contributed by atoms with van der Waals surface area (Å²) in [7, 11) is 0. The zero-order valence-corrected chi connectivity index (χ0v) is 9.08. The van der Waals surface area contributed by atoms with Gasteiger partial charge in [0.1, 0.15) is 0 Å². The van der Waals surface area contributed by atoms with E-state index in [1.807, 2.05) is 6.92 Å². The second-order valence-corrected chi connectivity index (χ2v) is 3.69. The molecule has 1 heterocycles. The quantitative estimate of drug-likeness (QED) is 0.623. The first-order chi connectivity index (χ1) is 7.24. The number of hydrogen-bond donors (Lipinski definition) is 2. The molecule has 2 N–H and O–H groups in total. The van der Waals surface area contributed by atoms with E-state index in [1.165, 1.54) is 0 Å². The molecule has 1 amide bonds. The minimum absolute atomic E-state index is 0.0639. The molecule has 4 nitrogen and oxygen atoms in total. The van der Waals surface area contributed by atoms with E-state index in [0.29, 0.717) is 0 Å². The number of ether oxygens (including phenoxy) is 1. The topological polar surface area (TPSA) is 50.4 Å². The molecule has 2 unspecified atom stereocenters. The van der Waals surface area contributed by atoms with Crippen LogP contribution in [-0.2, 0) is 9.53 Å². The first-order valence-corrected chi connectivity index (χ1v) is 5.30. The molecule has 0 aromatic heterocycles.